The highest BCUT2D eigenvalue weighted by atomic mass is 16.7. The van der Waals surface area contributed by atoms with Crippen LogP contribution in [0.5, 0.6) is 0 Å². The highest BCUT2D eigenvalue weighted by Gasteiger charge is 2.50. The zero-order valence-electron chi connectivity index (χ0n) is 13.5. The summed E-state index contributed by atoms with van der Waals surface area (Å²) in [6.45, 7) is 0.410. The maximum absolute atomic E-state index is 10.6. The zero-order chi connectivity index (χ0) is 18.7. The number of ether oxygens (including phenoxy) is 4. The highest BCUT2D eigenvalue weighted by molar-refractivity contribution is 5.38. The number of aliphatic hydroxyl groups is 6. The van der Waals surface area contributed by atoms with E-state index in [1.165, 1.54) is 6.92 Å². The number of hydrogen-bond donors (Lipinski definition) is 6. The molecular weight excluding hydrogens is 344 g/mol. The Morgan fingerprint density at radius 1 is 0.880 bits per heavy atom. The lowest BCUT2D eigenvalue weighted by molar-refractivity contribution is -0.339. The van der Waals surface area contributed by atoms with Gasteiger partial charge in [-0.2, -0.15) is 0 Å². The van der Waals surface area contributed by atoms with Gasteiger partial charge in [0.05, 0.1) is 19.3 Å². The molecule has 2 fully saturated rings. The molecule has 0 aromatic rings. The van der Waals surface area contributed by atoms with Crippen molar-refractivity contribution in [1.82, 2.24) is 0 Å². The van der Waals surface area contributed by atoms with Gasteiger partial charge in [-0.3, -0.25) is 4.79 Å². The van der Waals surface area contributed by atoms with Gasteiger partial charge < -0.3 is 49.6 Å². The normalized spacial score (nSPS) is 48.1. The second-order valence-electron chi connectivity index (χ2n) is 6.05. The van der Waals surface area contributed by atoms with Gasteiger partial charge >= 0.3 is 0 Å². The molecule has 2 heterocycles. The second kappa shape index (κ2) is 8.66. The van der Waals surface area contributed by atoms with E-state index < -0.39 is 74.4 Å². The molecule has 11 nitrogen and oxygen atoms in total. The van der Waals surface area contributed by atoms with Gasteiger partial charge in [0, 0.05) is 0 Å². The molecule has 11 heteroatoms. The van der Waals surface area contributed by atoms with Crippen molar-refractivity contribution < 1.29 is 54.4 Å². The van der Waals surface area contributed by atoms with Gasteiger partial charge in [-0.15, -0.1) is 0 Å². The highest BCUT2D eigenvalue weighted by Crippen LogP contribution is 2.29. The monoisotopic (exact) mass is 368 g/mol. The first-order valence-electron chi connectivity index (χ1n) is 7.85. The fourth-order valence-electron chi connectivity index (χ4n) is 3.01. The molecule has 0 radical (unpaired) electrons. The molecule has 0 aliphatic carbocycles. The Kier molecular flexibility index (Phi) is 7.08. The van der Waals surface area contributed by atoms with E-state index in [9.17, 15) is 30.3 Å². The minimum Gasteiger partial charge on any atom is -0.459 e. The molecule has 6 N–H and O–H groups in total. The molecule has 146 valence electrons. The lowest BCUT2D eigenvalue weighted by atomic mass is 9.95. The van der Waals surface area contributed by atoms with E-state index in [4.69, 9.17) is 19.3 Å². The fourth-order valence-corrected chi connectivity index (χ4v) is 3.01. The molecule has 2 aliphatic heterocycles. The predicted octanol–water partition coefficient (Wildman–Crippen LogP) is -4.15. The summed E-state index contributed by atoms with van der Waals surface area (Å²) in [5.41, 5.74) is 0. The SMILES string of the molecule is CC1O[C@@H](CO)[C@@H](O)[C@H](O)[C@@H]1O[C@H]1O[C@H](CO)[C@@H](O)[C@H](OC=O)[C@@H]1O. The number of hydrogen-bond acceptors (Lipinski definition) is 11. The van der Waals surface area contributed by atoms with E-state index in [0.717, 1.165) is 0 Å². The molecule has 0 aromatic heterocycles. The summed E-state index contributed by atoms with van der Waals surface area (Å²) in [4.78, 5) is 10.6. The third kappa shape index (κ3) is 4.10. The lowest BCUT2D eigenvalue weighted by Gasteiger charge is -2.45. The fraction of sp³-hybridized carbons (Fsp3) is 0.929. The van der Waals surface area contributed by atoms with Crippen molar-refractivity contribution in [3.63, 3.8) is 0 Å². The van der Waals surface area contributed by atoms with Crippen LogP contribution in [0.25, 0.3) is 0 Å². The minimum absolute atomic E-state index is 0.0325. The van der Waals surface area contributed by atoms with Crippen LogP contribution in [0.4, 0.5) is 0 Å². The topological polar surface area (TPSA) is 175 Å². The van der Waals surface area contributed by atoms with Crippen LogP contribution in [-0.2, 0) is 23.7 Å². The van der Waals surface area contributed by atoms with Crippen LogP contribution in [0.3, 0.4) is 0 Å². The Morgan fingerprint density at radius 2 is 1.48 bits per heavy atom. The molecule has 0 amide bonds. The van der Waals surface area contributed by atoms with E-state index in [1.54, 1.807) is 0 Å². The van der Waals surface area contributed by atoms with Gasteiger partial charge in [0.1, 0.15) is 42.7 Å². The summed E-state index contributed by atoms with van der Waals surface area (Å²) in [6, 6.07) is 0. The van der Waals surface area contributed by atoms with Crippen molar-refractivity contribution in [2.75, 3.05) is 13.2 Å². The van der Waals surface area contributed by atoms with Crippen LogP contribution in [0.15, 0.2) is 0 Å². The van der Waals surface area contributed by atoms with Gasteiger partial charge in [-0.05, 0) is 6.92 Å². The molecule has 0 spiro atoms. The maximum atomic E-state index is 10.6. The Labute approximate surface area is 143 Å². The summed E-state index contributed by atoms with van der Waals surface area (Å²) in [5, 5.41) is 58.7. The van der Waals surface area contributed by atoms with Gasteiger partial charge in [0.15, 0.2) is 12.4 Å². The quantitative estimate of drug-likeness (QED) is 0.251. The number of carbonyl (C=O) groups excluding carboxylic acids is 1. The Morgan fingerprint density at radius 3 is 2.04 bits per heavy atom. The van der Waals surface area contributed by atoms with Crippen molar-refractivity contribution in [2.24, 2.45) is 0 Å². The Bertz CT molecular complexity index is 435. The molecule has 2 saturated heterocycles. The third-order valence-electron chi connectivity index (χ3n) is 4.43. The standard InChI is InChI=1S/C14H24O11/c1-5-12(10(20)8(18)6(2-15)23-5)25-14-11(21)13(22-4-17)9(19)7(3-16)24-14/h4-16,18-21H,2-3H2,1H3/t5?,6-,7+,8+,9+,10-,11-,12+,13-,14+/m0/s1. The summed E-state index contributed by atoms with van der Waals surface area (Å²) in [7, 11) is 0. The molecular formula is C14H24O11. The van der Waals surface area contributed by atoms with Crippen LogP contribution in [0.1, 0.15) is 6.92 Å². The van der Waals surface area contributed by atoms with Crippen LogP contribution < -0.4 is 0 Å². The van der Waals surface area contributed by atoms with Crippen molar-refractivity contribution in [3.05, 3.63) is 0 Å². The van der Waals surface area contributed by atoms with Gasteiger partial charge in [0.2, 0.25) is 0 Å². The summed E-state index contributed by atoms with van der Waals surface area (Å²) >= 11 is 0. The molecule has 0 bridgehead atoms. The first kappa shape index (κ1) is 20.4. The number of aliphatic hydroxyl groups excluding tert-OH is 6. The van der Waals surface area contributed by atoms with Crippen molar-refractivity contribution in [2.45, 2.75) is 68.1 Å². The lowest BCUT2D eigenvalue weighted by Crippen LogP contribution is -2.64. The molecule has 0 saturated carbocycles. The molecule has 25 heavy (non-hydrogen) atoms. The van der Waals surface area contributed by atoms with Crippen molar-refractivity contribution in [1.29, 1.82) is 0 Å². The Hall–Kier alpha value is -0.890. The van der Waals surface area contributed by atoms with Gasteiger partial charge in [-0.1, -0.05) is 0 Å². The molecule has 10 atom stereocenters. The predicted molar refractivity (Wildman–Crippen MR) is 77.0 cm³/mol. The Balaban J connectivity index is 2.12. The van der Waals surface area contributed by atoms with E-state index in [0.29, 0.717) is 0 Å². The summed E-state index contributed by atoms with van der Waals surface area (Å²) in [5.74, 6) is 0. The van der Waals surface area contributed by atoms with Crippen molar-refractivity contribution in [3.8, 4) is 0 Å². The zero-order valence-corrected chi connectivity index (χ0v) is 13.5. The first-order chi connectivity index (χ1) is 11.8. The van der Waals surface area contributed by atoms with E-state index in [-0.39, 0.29) is 6.47 Å². The van der Waals surface area contributed by atoms with E-state index in [2.05, 4.69) is 4.74 Å². The smallest absolute Gasteiger partial charge is 0.293 e. The molecule has 2 rings (SSSR count). The molecule has 0 aromatic carbocycles. The van der Waals surface area contributed by atoms with Crippen LogP contribution in [0.2, 0.25) is 0 Å². The van der Waals surface area contributed by atoms with Gasteiger partial charge in [-0.25, -0.2) is 0 Å². The van der Waals surface area contributed by atoms with Crippen molar-refractivity contribution >= 4 is 6.47 Å². The number of rotatable bonds is 6. The summed E-state index contributed by atoms with van der Waals surface area (Å²) < 4.78 is 20.7. The van der Waals surface area contributed by atoms with Crippen LogP contribution in [-0.4, -0.2) is 112 Å². The van der Waals surface area contributed by atoms with Crippen LogP contribution >= 0.6 is 0 Å². The second-order valence-corrected chi connectivity index (χ2v) is 6.05. The van der Waals surface area contributed by atoms with Gasteiger partial charge in [0.25, 0.3) is 6.47 Å². The largest absolute Gasteiger partial charge is 0.459 e. The summed E-state index contributed by atoms with van der Waals surface area (Å²) in [6.07, 6.45) is -13.0. The average Bonchev–Trinajstić information content (AvgIpc) is 2.60. The van der Waals surface area contributed by atoms with Crippen LogP contribution in [0, 0.1) is 0 Å². The number of carbonyl (C=O) groups is 1. The molecule has 1 unspecified atom stereocenters. The van der Waals surface area contributed by atoms with E-state index >= 15 is 0 Å². The first-order valence-corrected chi connectivity index (χ1v) is 7.85. The molecule has 2 aliphatic rings. The maximum Gasteiger partial charge on any atom is 0.293 e. The van der Waals surface area contributed by atoms with E-state index in [1.807, 2.05) is 0 Å². The average molecular weight is 368 g/mol. The minimum atomic E-state index is -1.62. The third-order valence-corrected chi connectivity index (χ3v) is 4.43.